The third-order valence-corrected chi connectivity index (χ3v) is 18.2. The first kappa shape index (κ1) is 86.1. The average Bonchev–Trinajstić information content (AvgIpc) is 3.64. The summed E-state index contributed by atoms with van der Waals surface area (Å²) in [5.41, 5.74) is 0. The molecule has 0 aromatic heterocycles. The first-order chi connectivity index (χ1) is 42.4. The van der Waals surface area contributed by atoms with Crippen LogP contribution in [0, 0.1) is 11.8 Å². The fourth-order valence-corrected chi connectivity index (χ4v) is 12.0. The van der Waals surface area contributed by atoms with Gasteiger partial charge in [-0.25, -0.2) is 9.13 Å². The number of aliphatic hydroxyl groups excluding tert-OH is 1. The van der Waals surface area contributed by atoms with Gasteiger partial charge in [0, 0.05) is 25.7 Å². The van der Waals surface area contributed by atoms with E-state index < -0.39 is 97.5 Å². The van der Waals surface area contributed by atoms with Crippen LogP contribution in [-0.2, 0) is 65.4 Å². The van der Waals surface area contributed by atoms with Gasteiger partial charge in [0.2, 0.25) is 0 Å². The number of hydrogen-bond donors (Lipinski definition) is 3. The van der Waals surface area contributed by atoms with Crippen molar-refractivity contribution >= 4 is 39.5 Å². The predicted molar refractivity (Wildman–Crippen MR) is 354 cm³/mol. The van der Waals surface area contributed by atoms with Crippen molar-refractivity contribution in [2.75, 3.05) is 39.6 Å². The van der Waals surface area contributed by atoms with E-state index >= 15 is 0 Å². The second-order valence-electron chi connectivity index (χ2n) is 25.6. The van der Waals surface area contributed by atoms with E-state index in [0.29, 0.717) is 25.7 Å². The smallest absolute Gasteiger partial charge is 0.462 e. The predicted octanol–water partition coefficient (Wildman–Crippen LogP) is 19.6. The first-order valence-corrected chi connectivity index (χ1v) is 39.0. The number of phosphoric ester groups is 2. The molecular formula is C69H134O17P2. The monoisotopic (exact) mass is 1300 g/mol. The standard InChI is InChI=1S/C69H134O17P2/c1-7-10-12-14-16-18-20-25-29-33-40-46-52-67(72)79-57-64(85-68(73)53-47-41-34-30-26-23-21-22-24-27-31-37-43-49-61(4)5)59-83-87(75,76)81-55-63(70)56-82-88(77,78)84-60-65(86-69(74)54-48-42-36-35-38-44-50-62(6)9-3)58-80-66(71)51-45-39-32-28-19-17-15-13-11-8-2/h61-65,70H,7-60H2,1-6H3,(H,75,76)(H,77,78)/t62?,63-,64-,65-/m1/s1. The molecule has 6 atom stereocenters. The molecule has 0 aromatic carbocycles. The molecule has 0 aromatic rings. The van der Waals surface area contributed by atoms with Crippen LogP contribution in [0.3, 0.4) is 0 Å². The number of hydrogen-bond acceptors (Lipinski definition) is 15. The number of aliphatic hydroxyl groups is 1. The van der Waals surface area contributed by atoms with Gasteiger partial charge in [-0.15, -0.1) is 0 Å². The fourth-order valence-electron chi connectivity index (χ4n) is 10.4. The summed E-state index contributed by atoms with van der Waals surface area (Å²) in [5.74, 6) is -0.620. The highest BCUT2D eigenvalue weighted by Crippen LogP contribution is 2.45. The molecular weight excluding hydrogens is 1160 g/mol. The van der Waals surface area contributed by atoms with E-state index in [-0.39, 0.29) is 25.7 Å². The molecule has 0 fully saturated rings. The van der Waals surface area contributed by atoms with E-state index in [2.05, 4.69) is 41.5 Å². The normalized spacial score (nSPS) is 14.5. The summed E-state index contributed by atoms with van der Waals surface area (Å²) >= 11 is 0. The number of carbonyl (C=O) groups excluding carboxylic acids is 4. The summed E-state index contributed by atoms with van der Waals surface area (Å²) in [6.07, 6.45) is 45.7. The van der Waals surface area contributed by atoms with Crippen molar-refractivity contribution in [3.8, 4) is 0 Å². The number of ether oxygens (including phenoxy) is 4. The summed E-state index contributed by atoms with van der Waals surface area (Å²) in [6.45, 7) is 9.50. The van der Waals surface area contributed by atoms with E-state index in [1.807, 2.05) is 0 Å². The number of phosphoric acid groups is 2. The first-order valence-electron chi connectivity index (χ1n) is 36.0. The molecule has 522 valence electrons. The van der Waals surface area contributed by atoms with Gasteiger partial charge < -0.3 is 33.8 Å². The van der Waals surface area contributed by atoms with Crippen molar-refractivity contribution in [2.45, 2.75) is 368 Å². The summed E-state index contributed by atoms with van der Waals surface area (Å²) < 4.78 is 68.2. The van der Waals surface area contributed by atoms with Crippen LogP contribution >= 0.6 is 15.6 Å². The lowest BCUT2D eigenvalue weighted by atomic mass is 10.00. The molecule has 88 heavy (non-hydrogen) atoms. The number of carbonyl (C=O) groups is 4. The Hall–Kier alpha value is -1.94. The molecule has 0 saturated carbocycles. The molecule has 0 aliphatic carbocycles. The van der Waals surface area contributed by atoms with E-state index in [0.717, 1.165) is 102 Å². The van der Waals surface area contributed by atoms with Crippen LogP contribution in [0.15, 0.2) is 0 Å². The Labute approximate surface area is 537 Å². The number of unbranched alkanes of at least 4 members (excludes halogenated alkanes) is 37. The van der Waals surface area contributed by atoms with Gasteiger partial charge in [-0.1, -0.05) is 298 Å². The molecule has 3 N–H and O–H groups in total. The molecule has 0 aliphatic rings. The lowest BCUT2D eigenvalue weighted by molar-refractivity contribution is -0.161. The van der Waals surface area contributed by atoms with Crippen LogP contribution in [0.5, 0.6) is 0 Å². The van der Waals surface area contributed by atoms with Gasteiger partial charge in [0.1, 0.15) is 19.3 Å². The molecule has 0 radical (unpaired) electrons. The summed E-state index contributed by atoms with van der Waals surface area (Å²) in [4.78, 5) is 72.4. The van der Waals surface area contributed by atoms with Crippen molar-refractivity contribution in [1.29, 1.82) is 0 Å². The highest BCUT2D eigenvalue weighted by atomic mass is 31.2. The number of esters is 4. The van der Waals surface area contributed by atoms with Crippen LogP contribution in [0.25, 0.3) is 0 Å². The van der Waals surface area contributed by atoms with Crippen molar-refractivity contribution < 1.29 is 80.2 Å². The minimum absolute atomic E-state index is 0.103. The van der Waals surface area contributed by atoms with Gasteiger partial charge in [-0.3, -0.25) is 37.3 Å². The molecule has 0 spiro atoms. The van der Waals surface area contributed by atoms with Crippen LogP contribution in [0.1, 0.15) is 350 Å². The Morgan fingerprint density at radius 2 is 0.580 bits per heavy atom. The topological polar surface area (TPSA) is 237 Å². The van der Waals surface area contributed by atoms with Crippen LogP contribution < -0.4 is 0 Å². The maximum absolute atomic E-state index is 13.0. The van der Waals surface area contributed by atoms with Gasteiger partial charge in [-0.2, -0.15) is 0 Å². The zero-order valence-corrected chi connectivity index (χ0v) is 58.8. The minimum atomic E-state index is -4.95. The molecule has 19 heteroatoms. The third-order valence-electron chi connectivity index (χ3n) is 16.3. The van der Waals surface area contributed by atoms with Crippen LogP contribution in [0.2, 0.25) is 0 Å². The molecule has 3 unspecified atom stereocenters. The molecule has 0 amide bonds. The lowest BCUT2D eigenvalue weighted by Crippen LogP contribution is -2.30. The SMILES string of the molecule is CCCCCCCCCCCCCCC(=O)OC[C@H](COP(=O)(O)OC[C@@H](O)COP(=O)(O)OC[C@@H](COC(=O)CCCCCCCCCCCC)OC(=O)CCCCCCCCC(C)CC)OC(=O)CCCCCCCCCCCCCCCC(C)C. The minimum Gasteiger partial charge on any atom is -0.462 e. The van der Waals surface area contributed by atoms with E-state index in [4.69, 9.17) is 37.0 Å². The quantitative estimate of drug-likeness (QED) is 0.0222. The largest absolute Gasteiger partial charge is 0.472 e. The maximum Gasteiger partial charge on any atom is 0.472 e. The Kier molecular flexibility index (Phi) is 59.9. The molecule has 0 heterocycles. The Morgan fingerprint density at radius 3 is 0.864 bits per heavy atom. The Morgan fingerprint density at radius 1 is 0.330 bits per heavy atom. The third kappa shape index (κ3) is 61.6. The molecule has 0 aliphatic heterocycles. The van der Waals surface area contributed by atoms with Gasteiger partial charge in [-0.05, 0) is 37.5 Å². The van der Waals surface area contributed by atoms with Gasteiger partial charge >= 0.3 is 39.5 Å². The number of rotatable bonds is 68. The fraction of sp³-hybridized carbons (Fsp3) is 0.942. The second-order valence-corrected chi connectivity index (χ2v) is 28.5. The van der Waals surface area contributed by atoms with Gasteiger partial charge in [0.15, 0.2) is 12.2 Å². The Bertz CT molecular complexity index is 1720. The summed E-state index contributed by atoms with van der Waals surface area (Å²) in [7, 11) is -9.90. The molecule has 0 rings (SSSR count). The molecule has 0 bridgehead atoms. The molecule has 0 saturated heterocycles. The second kappa shape index (κ2) is 61.3. The van der Waals surface area contributed by atoms with Crippen LogP contribution in [0.4, 0.5) is 0 Å². The van der Waals surface area contributed by atoms with Crippen molar-refractivity contribution in [3.05, 3.63) is 0 Å². The highest BCUT2D eigenvalue weighted by molar-refractivity contribution is 7.47. The lowest BCUT2D eigenvalue weighted by Gasteiger charge is -2.21. The van der Waals surface area contributed by atoms with E-state index in [9.17, 15) is 43.2 Å². The van der Waals surface area contributed by atoms with Crippen LogP contribution in [-0.4, -0.2) is 96.7 Å². The van der Waals surface area contributed by atoms with E-state index in [1.54, 1.807) is 0 Å². The van der Waals surface area contributed by atoms with Crippen molar-refractivity contribution in [2.24, 2.45) is 11.8 Å². The van der Waals surface area contributed by atoms with E-state index in [1.165, 1.54) is 167 Å². The van der Waals surface area contributed by atoms with Crippen molar-refractivity contribution in [1.82, 2.24) is 0 Å². The van der Waals surface area contributed by atoms with Gasteiger partial charge in [0.25, 0.3) is 0 Å². The zero-order chi connectivity index (χ0) is 65.0. The van der Waals surface area contributed by atoms with Gasteiger partial charge in [0.05, 0.1) is 26.4 Å². The summed E-state index contributed by atoms with van der Waals surface area (Å²) in [5, 5.41) is 10.6. The molecule has 17 nitrogen and oxygen atoms in total. The maximum atomic E-state index is 13.0. The zero-order valence-electron chi connectivity index (χ0n) is 57.0. The Balaban J connectivity index is 5.24. The average molecular weight is 1300 g/mol. The summed E-state index contributed by atoms with van der Waals surface area (Å²) in [6, 6.07) is 0. The highest BCUT2D eigenvalue weighted by Gasteiger charge is 2.30. The van der Waals surface area contributed by atoms with Crippen molar-refractivity contribution in [3.63, 3.8) is 0 Å².